The van der Waals surface area contributed by atoms with Gasteiger partial charge in [-0.1, -0.05) is 30.3 Å². The molecule has 1 amide bonds. The van der Waals surface area contributed by atoms with Crippen molar-refractivity contribution >= 4 is 28.9 Å². The van der Waals surface area contributed by atoms with Crippen LogP contribution in [-0.2, 0) is 0 Å². The third-order valence-corrected chi connectivity index (χ3v) is 7.93. The first-order valence-corrected chi connectivity index (χ1v) is 15.4. The van der Waals surface area contributed by atoms with Crippen LogP contribution >= 0.6 is 0 Å². The molecule has 0 unspecified atom stereocenters. The van der Waals surface area contributed by atoms with Gasteiger partial charge in [-0.3, -0.25) is 9.69 Å². The molecule has 1 aliphatic heterocycles. The minimum Gasteiger partial charge on any atom is -0.493 e. The largest absolute Gasteiger partial charge is 0.493 e. The molecule has 2 heterocycles. The maximum Gasteiger partial charge on any atom is 0.262 e. The van der Waals surface area contributed by atoms with Gasteiger partial charge in [-0.15, -0.1) is 0 Å². The predicted molar refractivity (Wildman–Crippen MR) is 181 cm³/mol. The van der Waals surface area contributed by atoms with Gasteiger partial charge in [0.05, 0.1) is 7.11 Å². The van der Waals surface area contributed by atoms with E-state index in [0.29, 0.717) is 17.4 Å². The van der Waals surface area contributed by atoms with Crippen molar-refractivity contribution in [3.8, 4) is 17.4 Å². The van der Waals surface area contributed by atoms with Crippen molar-refractivity contribution in [2.45, 2.75) is 20.3 Å². The maximum absolute atomic E-state index is 13.5. The SMILES string of the molecule is COc1ccccc1Oc1nc(Nc2ccc(N3CCN(CCCN(C)C)CC3)cc2)ncc1C(=O)Nc1c(C)cccc1C. The van der Waals surface area contributed by atoms with E-state index in [1.54, 1.807) is 19.2 Å². The minimum atomic E-state index is -0.369. The Kier molecular flexibility index (Phi) is 10.5. The van der Waals surface area contributed by atoms with Crippen molar-refractivity contribution in [3.05, 3.63) is 89.6 Å². The van der Waals surface area contributed by atoms with Gasteiger partial charge in [-0.2, -0.15) is 4.98 Å². The Morgan fingerprint density at radius 2 is 1.60 bits per heavy atom. The van der Waals surface area contributed by atoms with Gasteiger partial charge in [0.25, 0.3) is 5.91 Å². The number of hydrogen-bond donors (Lipinski definition) is 2. The number of carbonyl (C=O) groups is 1. The number of rotatable bonds is 12. The van der Waals surface area contributed by atoms with Gasteiger partial charge in [-0.25, -0.2) is 4.98 Å². The lowest BCUT2D eigenvalue weighted by atomic mass is 10.1. The van der Waals surface area contributed by atoms with Gasteiger partial charge in [0.1, 0.15) is 5.56 Å². The second-order valence-corrected chi connectivity index (χ2v) is 11.5. The highest BCUT2D eigenvalue weighted by molar-refractivity contribution is 6.06. The lowest BCUT2D eigenvalue weighted by molar-refractivity contribution is 0.102. The summed E-state index contributed by atoms with van der Waals surface area (Å²) in [4.78, 5) is 29.8. The molecule has 1 saturated heterocycles. The van der Waals surface area contributed by atoms with E-state index in [9.17, 15) is 4.79 Å². The molecule has 5 rings (SSSR count). The zero-order valence-electron chi connectivity index (χ0n) is 26.8. The zero-order chi connectivity index (χ0) is 31.8. The lowest BCUT2D eigenvalue weighted by Gasteiger charge is -2.36. The highest BCUT2D eigenvalue weighted by Crippen LogP contribution is 2.33. The van der Waals surface area contributed by atoms with Gasteiger partial charge < -0.3 is 29.9 Å². The monoisotopic (exact) mass is 609 g/mol. The molecule has 1 aliphatic rings. The molecule has 236 valence electrons. The van der Waals surface area contributed by atoms with Crippen molar-refractivity contribution in [1.29, 1.82) is 0 Å². The van der Waals surface area contributed by atoms with Crippen LogP contribution in [0.15, 0.2) is 72.9 Å². The van der Waals surface area contributed by atoms with Crippen LogP contribution in [0.2, 0.25) is 0 Å². The van der Waals surface area contributed by atoms with Crippen LogP contribution in [0, 0.1) is 13.8 Å². The lowest BCUT2D eigenvalue weighted by Crippen LogP contribution is -2.46. The third-order valence-electron chi connectivity index (χ3n) is 7.93. The maximum atomic E-state index is 13.5. The molecule has 10 heteroatoms. The summed E-state index contributed by atoms with van der Waals surface area (Å²) in [7, 11) is 5.82. The Morgan fingerprint density at radius 1 is 0.911 bits per heavy atom. The Balaban J connectivity index is 1.30. The fraction of sp³-hybridized carbons (Fsp3) is 0.343. The van der Waals surface area contributed by atoms with Crippen LogP contribution in [-0.4, -0.2) is 86.1 Å². The van der Waals surface area contributed by atoms with Crippen LogP contribution in [0.5, 0.6) is 17.4 Å². The number of hydrogen-bond acceptors (Lipinski definition) is 9. The average molecular weight is 610 g/mol. The van der Waals surface area contributed by atoms with Gasteiger partial charge in [0, 0.05) is 49.4 Å². The van der Waals surface area contributed by atoms with Crippen LogP contribution in [0.3, 0.4) is 0 Å². The van der Waals surface area contributed by atoms with Crippen molar-refractivity contribution in [3.63, 3.8) is 0 Å². The minimum absolute atomic E-state index is 0.112. The molecule has 0 atom stereocenters. The third kappa shape index (κ3) is 8.29. The van der Waals surface area contributed by atoms with Crippen LogP contribution < -0.4 is 25.0 Å². The van der Waals surface area contributed by atoms with Crippen molar-refractivity contribution < 1.29 is 14.3 Å². The predicted octanol–water partition coefficient (Wildman–Crippen LogP) is 5.96. The first-order valence-electron chi connectivity index (χ1n) is 15.4. The summed E-state index contributed by atoms with van der Waals surface area (Å²) in [6.45, 7) is 10.3. The van der Waals surface area contributed by atoms with Crippen molar-refractivity contribution in [1.82, 2.24) is 19.8 Å². The van der Waals surface area contributed by atoms with E-state index < -0.39 is 0 Å². The second-order valence-electron chi connectivity index (χ2n) is 11.5. The van der Waals surface area contributed by atoms with E-state index in [0.717, 1.165) is 61.8 Å². The van der Waals surface area contributed by atoms with Gasteiger partial charge >= 0.3 is 0 Å². The molecule has 0 saturated carbocycles. The quantitative estimate of drug-likeness (QED) is 0.202. The summed E-state index contributed by atoms with van der Waals surface area (Å²) in [5.41, 5.74) is 4.88. The number of anilines is 4. The Morgan fingerprint density at radius 3 is 2.27 bits per heavy atom. The molecule has 2 N–H and O–H groups in total. The number of nitrogens with zero attached hydrogens (tertiary/aromatic N) is 5. The number of amides is 1. The second kappa shape index (κ2) is 14.9. The Bertz CT molecular complexity index is 1560. The number of benzene rings is 3. The molecule has 4 aromatic rings. The molecule has 0 radical (unpaired) electrons. The van der Waals surface area contributed by atoms with E-state index in [4.69, 9.17) is 9.47 Å². The topological polar surface area (TPSA) is 95.1 Å². The molecule has 1 fully saturated rings. The molecule has 10 nitrogen and oxygen atoms in total. The normalized spacial score (nSPS) is 13.5. The molecule has 0 bridgehead atoms. The summed E-state index contributed by atoms with van der Waals surface area (Å²) in [6.07, 6.45) is 2.68. The number of aryl methyl sites for hydroxylation is 2. The summed E-state index contributed by atoms with van der Waals surface area (Å²) < 4.78 is 11.7. The molecule has 0 aliphatic carbocycles. The van der Waals surface area contributed by atoms with E-state index in [2.05, 4.69) is 61.5 Å². The fourth-order valence-electron chi connectivity index (χ4n) is 5.38. The van der Waals surface area contributed by atoms with E-state index in [1.165, 1.54) is 18.3 Å². The summed E-state index contributed by atoms with van der Waals surface area (Å²) >= 11 is 0. The van der Waals surface area contributed by atoms with E-state index in [1.807, 2.05) is 56.3 Å². The molecule has 1 aromatic heterocycles. The first-order chi connectivity index (χ1) is 21.8. The van der Waals surface area contributed by atoms with Gasteiger partial charge in [0.2, 0.25) is 11.8 Å². The van der Waals surface area contributed by atoms with Gasteiger partial charge in [0.15, 0.2) is 11.5 Å². The Hall–Kier alpha value is -4.67. The number of para-hydroxylation sites is 3. The number of methoxy groups -OCH3 is 1. The highest BCUT2D eigenvalue weighted by atomic mass is 16.5. The molecule has 0 spiro atoms. The smallest absolute Gasteiger partial charge is 0.262 e. The first kappa shape index (κ1) is 31.7. The standard InChI is InChI=1S/C35H43N7O3/c1-25-10-8-11-26(2)32(25)38-33(43)29-24-36-35(39-34(29)45-31-13-7-6-12-30(31)44-5)37-27-14-16-28(17-15-27)42-22-20-41(21-23-42)19-9-18-40(3)4/h6-8,10-17,24H,9,18-23H2,1-5H3,(H,38,43)(H,36,37,39). The average Bonchev–Trinajstić information content (AvgIpc) is 3.04. The summed E-state index contributed by atoms with van der Waals surface area (Å²) in [5.74, 6) is 1.01. The van der Waals surface area contributed by atoms with Crippen molar-refractivity contribution in [2.24, 2.45) is 0 Å². The van der Waals surface area contributed by atoms with Crippen LogP contribution in [0.4, 0.5) is 23.0 Å². The van der Waals surface area contributed by atoms with Gasteiger partial charge in [-0.05, 0) is 95.0 Å². The summed E-state index contributed by atoms with van der Waals surface area (Å²) in [5, 5.41) is 6.28. The molecular weight excluding hydrogens is 566 g/mol. The summed E-state index contributed by atoms with van der Waals surface area (Å²) in [6, 6.07) is 21.4. The van der Waals surface area contributed by atoms with Crippen LogP contribution in [0.1, 0.15) is 27.9 Å². The zero-order valence-corrected chi connectivity index (χ0v) is 26.8. The van der Waals surface area contributed by atoms with Crippen LogP contribution in [0.25, 0.3) is 0 Å². The molecule has 45 heavy (non-hydrogen) atoms. The number of ether oxygens (including phenoxy) is 2. The number of carbonyl (C=O) groups excluding carboxylic acids is 1. The number of nitrogens with one attached hydrogen (secondary N) is 2. The molecule has 3 aromatic carbocycles. The van der Waals surface area contributed by atoms with E-state index >= 15 is 0 Å². The number of aromatic nitrogens is 2. The molecular formula is C35H43N7O3. The Labute approximate surface area is 266 Å². The van der Waals surface area contributed by atoms with E-state index in [-0.39, 0.29) is 17.4 Å². The highest BCUT2D eigenvalue weighted by Gasteiger charge is 2.21. The number of piperazine rings is 1. The fourth-order valence-corrected chi connectivity index (χ4v) is 5.38. The van der Waals surface area contributed by atoms with Crippen molar-refractivity contribution in [2.75, 3.05) is 76.0 Å².